The maximum absolute atomic E-state index is 12.0. The maximum Gasteiger partial charge on any atom is 0.331 e. The van der Waals surface area contributed by atoms with Crippen molar-refractivity contribution in [1.29, 1.82) is 0 Å². The molecule has 4 nitrogen and oxygen atoms in total. The van der Waals surface area contributed by atoms with Gasteiger partial charge in [0.15, 0.2) is 0 Å². The Hall–Kier alpha value is -1.32. The van der Waals surface area contributed by atoms with Crippen molar-refractivity contribution >= 4 is 11.9 Å². The van der Waals surface area contributed by atoms with Gasteiger partial charge >= 0.3 is 11.9 Å². The van der Waals surface area contributed by atoms with Gasteiger partial charge in [-0.05, 0) is 68.6 Å². The normalized spacial score (nSPS) is 43.5. The number of allylic oxidation sites excluding steroid dienone is 1. The Labute approximate surface area is 138 Å². The van der Waals surface area contributed by atoms with E-state index >= 15 is 0 Å². The van der Waals surface area contributed by atoms with Gasteiger partial charge in [-0.3, -0.25) is 4.79 Å². The van der Waals surface area contributed by atoms with Crippen LogP contribution in [0.1, 0.15) is 65.7 Å². The van der Waals surface area contributed by atoms with Crippen molar-refractivity contribution in [2.45, 2.75) is 65.7 Å². The van der Waals surface area contributed by atoms with Gasteiger partial charge < -0.3 is 10.2 Å². The molecule has 2 fully saturated rings. The predicted octanol–water partition coefficient (Wildman–Crippen LogP) is 4.10. The zero-order valence-corrected chi connectivity index (χ0v) is 14.4. The number of hydrogen-bond donors (Lipinski definition) is 2. The van der Waals surface area contributed by atoms with E-state index in [1.165, 1.54) is 0 Å². The van der Waals surface area contributed by atoms with E-state index in [2.05, 4.69) is 6.92 Å². The van der Waals surface area contributed by atoms with Crippen molar-refractivity contribution in [3.8, 4) is 0 Å². The Balaban J connectivity index is 2.07. The second-order valence-electron chi connectivity index (χ2n) is 8.45. The molecule has 128 valence electrons. The average Bonchev–Trinajstić information content (AvgIpc) is 2.45. The van der Waals surface area contributed by atoms with Gasteiger partial charge in [0.05, 0.1) is 5.41 Å². The molecule has 0 saturated heterocycles. The molecule has 0 aromatic heterocycles. The number of carbonyl (C=O) groups is 2. The molecule has 0 amide bonds. The van der Waals surface area contributed by atoms with Gasteiger partial charge in [0.1, 0.15) is 0 Å². The number of fused-ring (bicyclic) bond motifs is 3. The third-order valence-corrected chi connectivity index (χ3v) is 7.34. The van der Waals surface area contributed by atoms with Crippen LogP contribution in [0.15, 0.2) is 11.1 Å². The molecule has 4 heteroatoms. The summed E-state index contributed by atoms with van der Waals surface area (Å²) in [5, 5.41) is 19.5. The van der Waals surface area contributed by atoms with Crippen molar-refractivity contribution in [1.82, 2.24) is 0 Å². The monoisotopic (exact) mass is 320 g/mol. The van der Waals surface area contributed by atoms with Crippen LogP contribution >= 0.6 is 0 Å². The number of rotatable bonds is 2. The van der Waals surface area contributed by atoms with E-state index < -0.39 is 17.4 Å². The highest BCUT2D eigenvalue weighted by atomic mass is 16.4. The standard InChI is InChI=1S/C19H28O4/c1-11-5-7-13-12(15(11)16(20)21)6-8-14-18(13,2)9-4-10-19(14,3)17(22)23/h11,13-14H,4-10H2,1-3H3,(H,20,21)(H,22,23). The van der Waals surface area contributed by atoms with Gasteiger partial charge in [0, 0.05) is 5.57 Å². The van der Waals surface area contributed by atoms with Crippen LogP contribution in [0.4, 0.5) is 0 Å². The van der Waals surface area contributed by atoms with Crippen LogP contribution in [0.5, 0.6) is 0 Å². The number of hydrogen-bond acceptors (Lipinski definition) is 2. The highest BCUT2D eigenvalue weighted by Crippen LogP contribution is 2.63. The van der Waals surface area contributed by atoms with Gasteiger partial charge in [-0.1, -0.05) is 25.8 Å². The van der Waals surface area contributed by atoms with Crippen LogP contribution in [0.25, 0.3) is 0 Å². The molecule has 0 heterocycles. The van der Waals surface area contributed by atoms with Crippen molar-refractivity contribution in [2.24, 2.45) is 28.6 Å². The first-order valence-electron chi connectivity index (χ1n) is 8.91. The molecule has 2 N–H and O–H groups in total. The van der Waals surface area contributed by atoms with Gasteiger partial charge in [0.2, 0.25) is 0 Å². The van der Waals surface area contributed by atoms with Crippen LogP contribution in [0.3, 0.4) is 0 Å². The lowest BCUT2D eigenvalue weighted by Crippen LogP contribution is -2.54. The zero-order chi connectivity index (χ0) is 17.0. The third-order valence-electron chi connectivity index (χ3n) is 7.34. The molecule has 5 atom stereocenters. The first-order chi connectivity index (χ1) is 10.7. The van der Waals surface area contributed by atoms with Crippen LogP contribution in [0, 0.1) is 28.6 Å². The largest absolute Gasteiger partial charge is 0.481 e. The van der Waals surface area contributed by atoms with Gasteiger partial charge in [-0.2, -0.15) is 0 Å². The summed E-state index contributed by atoms with van der Waals surface area (Å²) in [6.45, 7) is 6.16. The second-order valence-corrected chi connectivity index (χ2v) is 8.45. The topological polar surface area (TPSA) is 74.6 Å². The fraction of sp³-hybridized carbons (Fsp3) is 0.789. The van der Waals surface area contributed by atoms with Crippen LogP contribution in [-0.2, 0) is 9.59 Å². The van der Waals surface area contributed by atoms with E-state index in [9.17, 15) is 19.8 Å². The van der Waals surface area contributed by atoms with E-state index in [0.29, 0.717) is 5.57 Å². The van der Waals surface area contributed by atoms with Crippen molar-refractivity contribution in [3.63, 3.8) is 0 Å². The maximum atomic E-state index is 12.0. The fourth-order valence-corrected chi connectivity index (χ4v) is 6.16. The molecule has 0 aliphatic heterocycles. The van der Waals surface area contributed by atoms with Gasteiger partial charge in [-0.25, -0.2) is 4.79 Å². The van der Waals surface area contributed by atoms with E-state index in [4.69, 9.17) is 0 Å². The summed E-state index contributed by atoms with van der Waals surface area (Å²) in [5.74, 6) is -0.922. The lowest BCUT2D eigenvalue weighted by atomic mass is 9.45. The molecule has 0 radical (unpaired) electrons. The first kappa shape index (κ1) is 16.5. The summed E-state index contributed by atoms with van der Waals surface area (Å²) in [4.78, 5) is 23.7. The first-order valence-corrected chi connectivity index (χ1v) is 8.91. The highest BCUT2D eigenvalue weighted by molar-refractivity contribution is 5.88. The predicted molar refractivity (Wildman–Crippen MR) is 87.0 cm³/mol. The molecule has 3 aliphatic carbocycles. The molecule has 5 unspecified atom stereocenters. The Kier molecular flexibility index (Phi) is 3.85. The molecule has 0 bridgehead atoms. The number of carboxylic acid groups (broad SMARTS) is 2. The molecule has 0 aromatic carbocycles. The Bertz CT molecular complexity index is 578. The van der Waals surface area contributed by atoms with Crippen molar-refractivity contribution in [3.05, 3.63) is 11.1 Å². The molecular weight excluding hydrogens is 292 g/mol. The molecular formula is C19H28O4. The molecule has 0 aromatic rings. The smallest absolute Gasteiger partial charge is 0.331 e. The van der Waals surface area contributed by atoms with E-state index in [0.717, 1.165) is 50.5 Å². The van der Waals surface area contributed by atoms with Crippen molar-refractivity contribution in [2.75, 3.05) is 0 Å². The summed E-state index contributed by atoms with van der Waals surface area (Å²) < 4.78 is 0. The quantitative estimate of drug-likeness (QED) is 0.803. The average molecular weight is 320 g/mol. The van der Waals surface area contributed by atoms with E-state index in [1.54, 1.807) is 0 Å². The summed E-state index contributed by atoms with van der Waals surface area (Å²) in [5.41, 5.74) is 1.03. The number of aliphatic carboxylic acids is 2. The minimum atomic E-state index is -0.768. The van der Waals surface area contributed by atoms with Crippen LogP contribution < -0.4 is 0 Å². The van der Waals surface area contributed by atoms with Crippen LogP contribution in [-0.4, -0.2) is 22.2 Å². The molecule has 3 aliphatic rings. The lowest BCUT2D eigenvalue weighted by Gasteiger charge is -2.58. The van der Waals surface area contributed by atoms with E-state index in [-0.39, 0.29) is 23.2 Å². The molecule has 3 rings (SSSR count). The summed E-state index contributed by atoms with van der Waals surface area (Å²) >= 11 is 0. The molecule has 0 spiro atoms. The van der Waals surface area contributed by atoms with Gasteiger partial charge in [-0.15, -0.1) is 0 Å². The highest BCUT2D eigenvalue weighted by Gasteiger charge is 2.58. The lowest BCUT2D eigenvalue weighted by molar-refractivity contribution is -0.164. The Morgan fingerprint density at radius 3 is 2.39 bits per heavy atom. The third kappa shape index (κ3) is 2.25. The Morgan fingerprint density at radius 1 is 1.09 bits per heavy atom. The summed E-state index contributed by atoms with van der Waals surface area (Å²) in [7, 11) is 0. The fourth-order valence-electron chi connectivity index (χ4n) is 6.16. The molecule has 23 heavy (non-hydrogen) atoms. The Morgan fingerprint density at radius 2 is 1.78 bits per heavy atom. The number of carboxylic acids is 2. The van der Waals surface area contributed by atoms with Gasteiger partial charge in [0.25, 0.3) is 0 Å². The minimum Gasteiger partial charge on any atom is -0.481 e. The SMILES string of the molecule is CC1CCC2C(=C1C(=O)O)CCC1C(C)(C(=O)O)CCCC21C. The molecule has 2 saturated carbocycles. The van der Waals surface area contributed by atoms with E-state index in [1.807, 2.05) is 13.8 Å². The van der Waals surface area contributed by atoms with Crippen LogP contribution in [0.2, 0.25) is 0 Å². The summed E-state index contributed by atoms with van der Waals surface area (Å²) in [6.07, 6.45) is 6.19. The summed E-state index contributed by atoms with van der Waals surface area (Å²) in [6, 6.07) is 0. The zero-order valence-electron chi connectivity index (χ0n) is 14.4. The second kappa shape index (κ2) is 5.35. The van der Waals surface area contributed by atoms with Crippen molar-refractivity contribution < 1.29 is 19.8 Å². The minimum absolute atomic E-state index is 0.0696.